The number of carbonyl (C=O) groups excluding carboxylic acids is 1. The van der Waals surface area contributed by atoms with Crippen molar-refractivity contribution >= 4 is 17.7 Å². The van der Waals surface area contributed by atoms with Crippen molar-refractivity contribution in [2.75, 3.05) is 39.2 Å². The highest BCUT2D eigenvalue weighted by Gasteiger charge is 1.95. The van der Waals surface area contributed by atoms with Gasteiger partial charge in [-0.25, -0.2) is 0 Å². The zero-order valence-electron chi connectivity index (χ0n) is 11.1. The van der Waals surface area contributed by atoms with Crippen molar-refractivity contribution in [3.8, 4) is 0 Å². The van der Waals surface area contributed by atoms with Crippen molar-refractivity contribution < 1.29 is 14.3 Å². The van der Waals surface area contributed by atoms with Crippen molar-refractivity contribution in [1.82, 2.24) is 5.32 Å². The van der Waals surface area contributed by atoms with E-state index in [1.807, 2.05) is 12.1 Å². The first kappa shape index (κ1) is 15.2. The minimum atomic E-state index is -0.155. The number of carbonyl (C=O) groups is 1. The number of methoxy groups -OCH3 is 1. The van der Waals surface area contributed by atoms with Crippen LogP contribution in [0.15, 0.2) is 30.3 Å². The van der Waals surface area contributed by atoms with Gasteiger partial charge in [0, 0.05) is 25.4 Å². The second-order valence-electron chi connectivity index (χ2n) is 3.90. The Morgan fingerprint density at radius 2 is 2.21 bits per heavy atom. The van der Waals surface area contributed by atoms with Gasteiger partial charge in [-0.3, -0.25) is 4.79 Å². The lowest BCUT2D eigenvalue weighted by molar-refractivity contribution is -0.116. The Morgan fingerprint density at radius 1 is 1.37 bits per heavy atom. The zero-order chi connectivity index (χ0) is 13.9. The quantitative estimate of drug-likeness (QED) is 0.418. The molecule has 5 heteroatoms. The third-order valence-corrected chi connectivity index (χ3v) is 2.32. The molecule has 3 N–H and O–H groups in total. The van der Waals surface area contributed by atoms with E-state index < -0.39 is 0 Å². The highest BCUT2D eigenvalue weighted by Crippen LogP contribution is 2.07. The van der Waals surface area contributed by atoms with E-state index in [1.54, 1.807) is 25.3 Å². The summed E-state index contributed by atoms with van der Waals surface area (Å²) in [6, 6.07) is 7.33. The Balaban J connectivity index is 2.20. The van der Waals surface area contributed by atoms with Crippen LogP contribution in [0.1, 0.15) is 5.56 Å². The first-order valence-electron chi connectivity index (χ1n) is 6.10. The SMILES string of the molecule is COCCOCCNC(=O)/C=C/c1cccc(N)c1. The Bertz CT molecular complexity index is 419. The van der Waals surface area contributed by atoms with Crippen molar-refractivity contribution in [3.63, 3.8) is 0 Å². The zero-order valence-corrected chi connectivity index (χ0v) is 11.1. The third-order valence-electron chi connectivity index (χ3n) is 2.32. The van der Waals surface area contributed by atoms with Gasteiger partial charge in [0.05, 0.1) is 19.8 Å². The first-order chi connectivity index (χ1) is 9.22. The molecule has 104 valence electrons. The van der Waals surface area contributed by atoms with E-state index in [9.17, 15) is 4.79 Å². The van der Waals surface area contributed by atoms with E-state index in [0.29, 0.717) is 32.1 Å². The van der Waals surface area contributed by atoms with Crippen molar-refractivity contribution in [3.05, 3.63) is 35.9 Å². The highest BCUT2D eigenvalue weighted by molar-refractivity contribution is 5.91. The third kappa shape index (κ3) is 7.23. The van der Waals surface area contributed by atoms with Crippen LogP contribution < -0.4 is 11.1 Å². The molecule has 0 heterocycles. The summed E-state index contributed by atoms with van der Waals surface area (Å²) in [4.78, 5) is 11.5. The molecule has 1 amide bonds. The molecule has 0 aliphatic carbocycles. The topological polar surface area (TPSA) is 73.6 Å². The standard InChI is InChI=1S/C14H20N2O3/c1-18-9-10-19-8-7-16-14(17)6-5-12-3-2-4-13(15)11-12/h2-6,11H,7-10,15H2,1H3,(H,16,17)/b6-5+. The number of nitrogens with one attached hydrogen (secondary N) is 1. The Labute approximate surface area is 113 Å². The van der Waals surface area contributed by atoms with Crippen LogP contribution in [0, 0.1) is 0 Å². The minimum Gasteiger partial charge on any atom is -0.399 e. The van der Waals surface area contributed by atoms with Gasteiger partial charge in [-0.15, -0.1) is 0 Å². The van der Waals surface area contributed by atoms with Crippen LogP contribution >= 0.6 is 0 Å². The minimum absolute atomic E-state index is 0.155. The second kappa shape index (κ2) is 9.13. The molecule has 0 fully saturated rings. The van der Waals surface area contributed by atoms with Gasteiger partial charge in [-0.05, 0) is 23.8 Å². The van der Waals surface area contributed by atoms with E-state index in [4.69, 9.17) is 15.2 Å². The number of ether oxygens (including phenoxy) is 2. The van der Waals surface area contributed by atoms with Crippen LogP contribution in [0.25, 0.3) is 6.08 Å². The summed E-state index contributed by atoms with van der Waals surface area (Å²) in [6.07, 6.45) is 3.20. The van der Waals surface area contributed by atoms with Crippen molar-refractivity contribution in [2.24, 2.45) is 0 Å². The maximum Gasteiger partial charge on any atom is 0.244 e. The van der Waals surface area contributed by atoms with Gasteiger partial charge >= 0.3 is 0 Å². The van der Waals surface area contributed by atoms with Gasteiger partial charge in [0.2, 0.25) is 5.91 Å². The average Bonchev–Trinajstić information content (AvgIpc) is 2.40. The average molecular weight is 264 g/mol. The lowest BCUT2D eigenvalue weighted by Crippen LogP contribution is -2.25. The predicted molar refractivity (Wildman–Crippen MR) is 75.6 cm³/mol. The lowest BCUT2D eigenvalue weighted by atomic mass is 10.2. The van der Waals surface area contributed by atoms with Crippen LogP contribution in [0.5, 0.6) is 0 Å². The van der Waals surface area contributed by atoms with Crippen LogP contribution in [-0.4, -0.2) is 39.4 Å². The number of hydrogen-bond acceptors (Lipinski definition) is 4. The van der Waals surface area contributed by atoms with E-state index >= 15 is 0 Å². The molecule has 0 saturated carbocycles. The molecule has 1 aromatic rings. The number of benzene rings is 1. The molecule has 1 aromatic carbocycles. The van der Waals surface area contributed by atoms with Crippen LogP contribution in [0.2, 0.25) is 0 Å². The molecule has 0 aromatic heterocycles. The van der Waals surface area contributed by atoms with E-state index in [0.717, 1.165) is 5.56 Å². The molecule has 1 rings (SSSR count). The summed E-state index contributed by atoms with van der Waals surface area (Å²) < 4.78 is 10.1. The van der Waals surface area contributed by atoms with Gasteiger partial charge < -0.3 is 20.5 Å². The maximum absolute atomic E-state index is 11.5. The number of nitrogen functional groups attached to an aromatic ring is 1. The van der Waals surface area contributed by atoms with E-state index in [2.05, 4.69) is 5.32 Å². The Hall–Kier alpha value is -1.85. The van der Waals surface area contributed by atoms with E-state index in [1.165, 1.54) is 6.08 Å². The van der Waals surface area contributed by atoms with Crippen molar-refractivity contribution in [2.45, 2.75) is 0 Å². The Morgan fingerprint density at radius 3 is 2.95 bits per heavy atom. The summed E-state index contributed by atoms with van der Waals surface area (Å²) in [5, 5.41) is 2.72. The number of nitrogens with two attached hydrogens (primary N) is 1. The number of amides is 1. The molecule has 19 heavy (non-hydrogen) atoms. The fourth-order valence-corrected chi connectivity index (χ4v) is 1.38. The molecule has 0 saturated heterocycles. The van der Waals surface area contributed by atoms with Gasteiger partial charge in [-0.1, -0.05) is 12.1 Å². The van der Waals surface area contributed by atoms with Crippen LogP contribution in [-0.2, 0) is 14.3 Å². The second-order valence-corrected chi connectivity index (χ2v) is 3.90. The molecule has 0 radical (unpaired) electrons. The van der Waals surface area contributed by atoms with Crippen molar-refractivity contribution in [1.29, 1.82) is 0 Å². The molecule has 0 atom stereocenters. The summed E-state index contributed by atoms with van der Waals surface area (Å²) in [7, 11) is 1.62. The van der Waals surface area contributed by atoms with Gasteiger partial charge in [0.1, 0.15) is 0 Å². The van der Waals surface area contributed by atoms with Crippen LogP contribution in [0.3, 0.4) is 0 Å². The summed E-state index contributed by atoms with van der Waals surface area (Å²) in [6.45, 7) is 2.04. The smallest absolute Gasteiger partial charge is 0.244 e. The predicted octanol–water partition coefficient (Wildman–Crippen LogP) is 1.06. The summed E-state index contributed by atoms with van der Waals surface area (Å²) in [5.74, 6) is -0.155. The molecule has 0 spiro atoms. The van der Waals surface area contributed by atoms with E-state index in [-0.39, 0.29) is 5.91 Å². The fraction of sp³-hybridized carbons (Fsp3) is 0.357. The van der Waals surface area contributed by atoms with Crippen LogP contribution in [0.4, 0.5) is 5.69 Å². The molecule has 0 unspecified atom stereocenters. The summed E-state index contributed by atoms with van der Waals surface area (Å²) >= 11 is 0. The fourth-order valence-electron chi connectivity index (χ4n) is 1.38. The maximum atomic E-state index is 11.5. The molecule has 0 bridgehead atoms. The Kier molecular flexibility index (Phi) is 7.31. The summed E-state index contributed by atoms with van der Waals surface area (Å²) in [5.41, 5.74) is 7.21. The number of rotatable bonds is 8. The number of anilines is 1. The molecule has 5 nitrogen and oxygen atoms in total. The molecular formula is C14H20N2O3. The van der Waals surface area contributed by atoms with Gasteiger partial charge in [0.25, 0.3) is 0 Å². The monoisotopic (exact) mass is 264 g/mol. The molecule has 0 aliphatic rings. The largest absolute Gasteiger partial charge is 0.399 e. The van der Waals surface area contributed by atoms with Gasteiger partial charge in [-0.2, -0.15) is 0 Å². The first-order valence-corrected chi connectivity index (χ1v) is 6.10. The van der Waals surface area contributed by atoms with Gasteiger partial charge in [0.15, 0.2) is 0 Å². The molecule has 0 aliphatic heterocycles. The lowest BCUT2D eigenvalue weighted by Gasteiger charge is -2.04. The number of hydrogen-bond donors (Lipinski definition) is 2. The highest BCUT2D eigenvalue weighted by atomic mass is 16.5. The normalized spacial score (nSPS) is 10.8. The molecular weight excluding hydrogens is 244 g/mol.